The van der Waals surface area contributed by atoms with E-state index in [1.165, 1.54) is 17.9 Å². The Kier molecular flexibility index (Phi) is 8.19. The number of para-hydroxylation sites is 1. The van der Waals surface area contributed by atoms with E-state index in [0.717, 1.165) is 25.2 Å². The van der Waals surface area contributed by atoms with E-state index in [1.54, 1.807) is 0 Å². The van der Waals surface area contributed by atoms with Crippen LogP contribution in [0, 0.1) is 21.6 Å². The fraction of sp³-hybridized carbons (Fsp3) is 0.235. The number of benzene rings is 2. The maximum absolute atomic E-state index is 10.3. The molecule has 132 valence electrons. The highest BCUT2D eigenvalue weighted by atomic mass is 35.5. The van der Waals surface area contributed by atoms with Gasteiger partial charge in [0.25, 0.3) is 5.69 Å². The van der Waals surface area contributed by atoms with Crippen molar-refractivity contribution in [1.29, 1.82) is 5.26 Å². The summed E-state index contributed by atoms with van der Waals surface area (Å²) in [5, 5.41) is 27.8. The number of nitrogens with zero attached hydrogens (tertiary/aromatic N) is 4. The molecule has 25 heavy (non-hydrogen) atoms. The summed E-state index contributed by atoms with van der Waals surface area (Å²) in [6.07, 6.45) is 1.41. The maximum atomic E-state index is 10.3. The van der Waals surface area contributed by atoms with E-state index in [0.29, 0.717) is 0 Å². The van der Waals surface area contributed by atoms with Crippen LogP contribution in [-0.4, -0.2) is 23.2 Å². The molecule has 0 aliphatic carbocycles. The van der Waals surface area contributed by atoms with Crippen LogP contribution in [-0.2, 0) is 0 Å². The second-order valence-corrected chi connectivity index (χ2v) is 5.22. The van der Waals surface area contributed by atoms with Crippen molar-refractivity contribution in [1.82, 2.24) is 0 Å². The van der Waals surface area contributed by atoms with Crippen molar-refractivity contribution < 1.29 is 10.1 Å². The molecule has 0 bridgehead atoms. The van der Waals surface area contributed by atoms with Gasteiger partial charge in [0.2, 0.25) is 6.19 Å². The summed E-state index contributed by atoms with van der Waals surface area (Å²) in [6.45, 7) is 6.52. The Morgan fingerprint density at radius 2 is 1.80 bits per heavy atom. The van der Waals surface area contributed by atoms with Crippen molar-refractivity contribution in [2.45, 2.75) is 13.8 Å². The molecule has 0 saturated heterocycles. The molecule has 0 heterocycles. The van der Waals surface area contributed by atoms with E-state index in [9.17, 15) is 10.1 Å². The third-order valence-corrected chi connectivity index (χ3v) is 3.65. The molecule has 0 atom stereocenters. The first-order valence-corrected chi connectivity index (χ1v) is 7.95. The summed E-state index contributed by atoms with van der Waals surface area (Å²) >= 11 is 5.59. The third kappa shape index (κ3) is 5.95. The second kappa shape index (κ2) is 10.1. The second-order valence-electron chi connectivity index (χ2n) is 4.81. The van der Waals surface area contributed by atoms with Gasteiger partial charge in [0, 0.05) is 30.9 Å². The van der Waals surface area contributed by atoms with E-state index in [2.05, 4.69) is 43.0 Å². The van der Waals surface area contributed by atoms with Crippen LogP contribution >= 0.6 is 11.6 Å². The summed E-state index contributed by atoms with van der Waals surface area (Å²) < 4.78 is 0. The SMILES string of the molecule is CCN(CC)c1ccccc1.N#CN(O)c1ccc([N+](=O)[O-])cc1Cl. The summed E-state index contributed by atoms with van der Waals surface area (Å²) in [6, 6.07) is 13.9. The monoisotopic (exact) mass is 362 g/mol. The molecule has 7 nitrogen and oxygen atoms in total. The predicted molar refractivity (Wildman–Crippen MR) is 98.0 cm³/mol. The molecular weight excluding hydrogens is 344 g/mol. The Balaban J connectivity index is 0.000000257. The number of hydrogen-bond donors (Lipinski definition) is 1. The molecular formula is C17H19ClN4O3. The summed E-state index contributed by atoms with van der Waals surface area (Å²) in [5.41, 5.74) is 1.11. The lowest BCUT2D eigenvalue weighted by Gasteiger charge is -2.20. The van der Waals surface area contributed by atoms with Crippen LogP contribution in [0.25, 0.3) is 0 Å². The Labute approximate surface area is 151 Å². The molecule has 0 aromatic heterocycles. The number of hydroxylamine groups is 1. The zero-order valence-electron chi connectivity index (χ0n) is 14.0. The average Bonchev–Trinajstić information content (AvgIpc) is 2.63. The molecule has 2 aromatic rings. The summed E-state index contributed by atoms with van der Waals surface area (Å²) in [5.74, 6) is 0. The molecule has 0 aliphatic heterocycles. The van der Waals surface area contributed by atoms with Gasteiger partial charge in [-0.25, -0.2) is 0 Å². The van der Waals surface area contributed by atoms with Crippen molar-refractivity contribution in [3.8, 4) is 6.19 Å². The van der Waals surface area contributed by atoms with Crippen LogP contribution in [0.3, 0.4) is 0 Å². The van der Waals surface area contributed by atoms with E-state index in [-0.39, 0.29) is 21.5 Å². The highest BCUT2D eigenvalue weighted by Crippen LogP contribution is 2.28. The fourth-order valence-corrected chi connectivity index (χ4v) is 2.32. The minimum Gasteiger partial charge on any atom is -0.372 e. The molecule has 0 saturated carbocycles. The molecule has 2 rings (SSSR count). The number of non-ortho nitro benzene ring substituents is 1. The molecule has 0 spiro atoms. The number of nitro benzene ring substituents is 1. The molecule has 0 radical (unpaired) electrons. The average molecular weight is 363 g/mol. The summed E-state index contributed by atoms with van der Waals surface area (Å²) in [7, 11) is 0. The lowest BCUT2D eigenvalue weighted by atomic mass is 10.3. The highest BCUT2D eigenvalue weighted by molar-refractivity contribution is 6.33. The first kappa shape index (κ1) is 20.2. The number of anilines is 2. The van der Waals surface area contributed by atoms with E-state index in [4.69, 9.17) is 22.1 Å². The fourth-order valence-electron chi connectivity index (χ4n) is 2.06. The van der Waals surface area contributed by atoms with Gasteiger partial charge in [0.1, 0.15) is 0 Å². The molecule has 0 amide bonds. The number of rotatable bonds is 5. The first-order chi connectivity index (χ1) is 11.9. The van der Waals surface area contributed by atoms with Crippen LogP contribution in [0.1, 0.15) is 13.8 Å². The number of halogens is 1. The lowest BCUT2D eigenvalue weighted by Crippen LogP contribution is -2.21. The van der Waals surface area contributed by atoms with Gasteiger partial charge < -0.3 is 4.90 Å². The third-order valence-electron chi connectivity index (χ3n) is 3.35. The van der Waals surface area contributed by atoms with Crippen LogP contribution in [0.4, 0.5) is 17.1 Å². The molecule has 0 fully saturated rings. The largest absolute Gasteiger partial charge is 0.372 e. The smallest absolute Gasteiger partial charge is 0.271 e. The molecule has 2 aromatic carbocycles. The standard InChI is InChI=1S/C10H15N.C7H4ClN3O3/c1-3-11(4-2)10-8-6-5-7-9-10;8-6-3-5(11(13)14)1-2-7(6)10(12)4-9/h5-9H,3-4H2,1-2H3;1-3,12H. The van der Waals surface area contributed by atoms with Crippen molar-refractivity contribution >= 4 is 28.7 Å². The minimum atomic E-state index is -0.621. The predicted octanol–water partition coefficient (Wildman–Crippen LogP) is 4.46. The zero-order valence-corrected chi connectivity index (χ0v) is 14.7. The molecule has 1 N–H and O–H groups in total. The van der Waals surface area contributed by atoms with E-state index >= 15 is 0 Å². The van der Waals surface area contributed by atoms with Gasteiger partial charge >= 0.3 is 0 Å². The lowest BCUT2D eigenvalue weighted by molar-refractivity contribution is -0.384. The topological polar surface area (TPSA) is 93.6 Å². The quantitative estimate of drug-likeness (QED) is 0.365. The minimum absolute atomic E-state index is 0.000216. The van der Waals surface area contributed by atoms with Gasteiger partial charge in [0.05, 0.1) is 15.6 Å². The van der Waals surface area contributed by atoms with Gasteiger partial charge in [0.15, 0.2) is 0 Å². The summed E-state index contributed by atoms with van der Waals surface area (Å²) in [4.78, 5) is 12.0. The van der Waals surface area contributed by atoms with Crippen molar-refractivity contribution in [2.24, 2.45) is 0 Å². The molecule has 0 unspecified atom stereocenters. The Morgan fingerprint density at radius 1 is 1.20 bits per heavy atom. The van der Waals surface area contributed by atoms with Gasteiger partial charge in [-0.2, -0.15) is 10.3 Å². The number of hydrogen-bond acceptors (Lipinski definition) is 6. The van der Waals surface area contributed by atoms with Crippen molar-refractivity contribution in [3.05, 3.63) is 63.7 Å². The van der Waals surface area contributed by atoms with Gasteiger partial charge in [-0.15, -0.1) is 0 Å². The number of nitriles is 1. The van der Waals surface area contributed by atoms with Crippen molar-refractivity contribution in [2.75, 3.05) is 23.1 Å². The number of nitro groups is 1. The first-order valence-electron chi connectivity index (χ1n) is 7.57. The Morgan fingerprint density at radius 3 is 2.24 bits per heavy atom. The van der Waals surface area contributed by atoms with Crippen LogP contribution < -0.4 is 9.96 Å². The van der Waals surface area contributed by atoms with Gasteiger partial charge in [-0.3, -0.25) is 15.3 Å². The Hall–Kier alpha value is -2.82. The van der Waals surface area contributed by atoms with Gasteiger partial charge in [-0.05, 0) is 32.0 Å². The molecule has 8 heteroatoms. The Bertz CT molecular complexity index is 730. The highest BCUT2D eigenvalue weighted by Gasteiger charge is 2.12. The molecule has 0 aliphatic rings. The van der Waals surface area contributed by atoms with E-state index < -0.39 is 4.92 Å². The van der Waals surface area contributed by atoms with E-state index in [1.807, 2.05) is 6.07 Å². The van der Waals surface area contributed by atoms with Crippen molar-refractivity contribution in [3.63, 3.8) is 0 Å². The normalized spacial score (nSPS) is 9.40. The van der Waals surface area contributed by atoms with Gasteiger partial charge in [-0.1, -0.05) is 29.8 Å². The van der Waals surface area contributed by atoms with Crippen LogP contribution in [0.15, 0.2) is 48.5 Å². The zero-order chi connectivity index (χ0) is 18.8. The van der Waals surface area contributed by atoms with Crippen LogP contribution in [0.5, 0.6) is 0 Å². The maximum Gasteiger partial charge on any atom is 0.271 e. The van der Waals surface area contributed by atoms with Crippen LogP contribution in [0.2, 0.25) is 5.02 Å².